The Morgan fingerprint density at radius 1 is 1.50 bits per heavy atom. The molecule has 1 fully saturated rings. The fourth-order valence-corrected chi connectivity index (χ4v) is 3.19. The van der Waals surface area contributed by atoms with Gasteiger partial charge in [-0.25, -0.2) is 9.78 Å². The first kappa shape index (κ1) is 13.5. The first-order valence-corrected chi connectivity index (χ1v) is 7.32. The van der Waals surface area contributed by atoms with Crippen LogP contribution < -0.4 is 0 Å². The molecular weight excluding hydrogens is 248 g/mol. The maximum atomic E-state index is 10.8. The minimum absolute atomic E-state index is 0.190. The Morgan fingerprint density at radius 2 is 2.17 bits per heavy atom. The smallest absolute Gasteiger partial charge is 0.365 e. The molecule has 1 heterocycles. The van der Waals surface area contributed by atoms with Crippen molar-refractivity contribution >= 4 is 17.3 Å². The summed E-state index contributed by atoms with van der Waals surface area (Å²) >= 11 is 1.21. The topological polar surface area (TPSA) is 53.4 Å². The third-order valence-corrected chi connectivity index (χ3v) is 4.63. The zero-order valence-electron chi connectivity index (χ0n) is 10.9. The standard InChI is InChI=1S/C13H20N2O2S/c1-9-3-5-11(6-4-9)15(2)7-10-8-18-12(14-10)13(16)17/h8-9,11H,3-7H2,1-2H3,(H,16,17). The van der Waals surface area contributed by atoms with Gasteiger partial charge in [0.15, 0.2) is 0 Å². The van der Waals surface area contributed by atoms with E-state index in [1.807, 2.05) is 5.38 Å². The van der Waals surface area contributed by atoms with Gasteiger partial charge in [-0.15, -0.1) is 11.3 Å². The third-order valence-electron chi connectivity index (χ3n) is 3.75. The van der Waals surface area contributed by atoms with Crippen LogP contribution in [0, 0.1) is 5.92 Å². The average Bonchev–Trinajstić information content (AvgIpc) is 2.78. The largest absolute Gasteiger partial charge is 0.476 e. The molecule has 1 saturated carbocycles. The Balaban J connectivity index is 1.90. The molecule has 0 radical (unpaired) electrons. The number of hydrogen-bond donors (Lipinski definition) is 1. The minimum Gasteiger partial charge on any atom is -0.476 e. The molecule has 2 rings (SSSR count). The number of aromatic nitrogens is 1. The van der Waals surface area contributed by atoms with Crippen LogP contribution in [0.4, 0.5) is 0 Å². The molecule has 1 aromatic rings. The monoisotopic (exact) mass is 268 g/mol. The average molecular weight is 268 g/mol. The lowest BCUT2D eigenvalue weighted by Crippen LogP contribution is -2.34. The SMILES string of the molecule is CC1CCC(N(C)Cc2csc(C(=O)O)n2)CC1. The van der Waals surface area contributed by atoms with Crippen LogP contribution >= 0.6 is 11.3 Å². The van der Waals surface area contributed by atoms with Gasteiger partial charge in [0, 0.05) is 18.0 Å². The van der Waals surface area contributed by atoms with Crippen LogP contribution in [0.2, 0.25) is 0 Å². The summed E-state index contributed by atoms with van der Waals surface area (Å²) in [7, 11) is 2.11. The molecule has 0 unspecified atom stereocenters. The van der Waals surface area contributed by atoms with E-state index in [2.05, 4.69) is 23.9 Å². The third kappa shape index (κ3) is 3.29. The highest BCUT2D eigenvalue weighted by Crippen LogP contribution is 2.27. The van der Waals surface area contributed by atoms with Crippen molar-refractivity contribution < 1.29 is 9.90 Å². The summed E-state index contributed by atoms with van der Waals surface area (Å²) in [6.07, 6.45) is 5.08. The highest BCUT2D eigenvalue weighted by molar-refractivity contribution is 7.11. The zero-order chi connectivity index (χ0) is 13.1. The van der Waals surface area contributed by atoms with E-state index in [1.54, 1.807) is 0 Å². The summed E-state index contributed by atoms with van der Waals surface area (Å²) in [5.74, 6) is -0.0760. The maximum absolute atomic E-state index is 10.8. The number of nitrogens with zero attached hydrogens (tertiary/aromatic N) is 2. The molecule has 100 valence electrons. The fourth-order valence-electron chi connectivity index (χ4n) is 2.55. The molecule has 1 aliphatic rings. The number of aromatic carboxylic acids is 1. The Labute approximate surface area is 112 Å². The van der Waals surface area contributed by atoms with Gasteiger partial charge in [-0.1, -0.05) is 6.92 Å². The molecular formula is C13H20N2O2S. The number of carbonyl (C=O) groups is 1. The van der Waals surface area contributed by atoms with Gasteiger partial charge in [0.1, 0.15) is 0 Å². The Kier molecular flexibility index (Phi) is 4.35. The maximum Gasteiger partial charge on any atom is 0.365 e. The molecule has 4 nitrogen and oxygen atoms in total. The van der Waals surface area contributed by atoms with Gasteiger partial charge in [0.25, 0.3) is 0 Å². The van der Waals surface area contributed by atoms with Crippen molar-refractivity contribution in [3.63, 3.8) is 0 Å². The second-order valence-corrected chi connectivity index (χ2v) is 6.14. The van der Waals surface area contributed by atoms with Crippen LogP contribution in [0.25, 0.3) is 0 Å². The molecule has 0 amide bonds. The van der Waals surface area contributed by atoms with Crippen molar-refractivity contribution in [3.05, 3.63) is 16.1 Å². The van der Waals surface area contributed by atoms with Crippen LogP contribution in [-0.2, 0) is 6.54 Å². The summed E-state index contributed by atoms with van der Waals surface area (Å²) < 4.78 is 0. The zero-order valence-corrected chi connectivity index (χ0v) is 11.7. The molecule has 5 heteroatoms. The summed E-state index contributed by atoms with van der Waals surface area (Å²) in [6, 6.07) is 0.621. The van der Waals surface area contributed by atoms with Crippen LogP contribution in [0.15, 0.2) is 5.38 Å². The summed E-state index contributed by atoms with van der Waals surface area (Å²) in [6.45, 7) is 3.07. The van der Waals surface area contributed by atoms with Gasteiger partial charge in [0.05, 0.1) is 5.69 Å². The molecule has 18 heavy (non-hydrogen) atoms. The number of rotatable bonds is 4. The van der Waals surface area contributed by atoms with Crippen LogP contribution in [0.3, 0.4) is 0 Å². The van der Waals surface area contributed by atoms with Crippen LogP contribution in [0.1, 0.15) is 48.1 Å². The highest BCUT2D eigenvalue weighted by atomic mass is 32.1. The number of carboxylic acids is 1. The van der Waals surface area contributed by atoms with E-state index >= 15 is 0 Å². The molecule has 0 saturated heterocycles. The van der Waals surface area contributed by atoms with Gasteiger partial charge in [-0.05, 0) is 38.6 Å². The molecule has 0 bridgehead atoms. The molecule has 0 aromatic carbocycles. The van der Waals surface area contributed by atoms with E-state index in [0.717, 1.165) is 18.2 Å². The molecule has 1 aliphatic carbocycles. The first-order chi connectivity index (χ1) is 8.56. The summed E-state index contributed by atoms with van der Waals surface area (Å²) in [5.41, 5.74) is 0.874. The van der Waals surface area contributed by atoms with Crippen LogP contribution in [-0.4, -0.2) is 34.0 Å². The van der Waals surface area contributed by atoms with Gasteiger partial charge in [-0.3, -0.25) is 4.90 Å². The molecule has 0 spiro atoms. The first-order valence-electron chi connectivity index (χ1n) is 6.44. The normalized spacial score (nSPS) is 24.4. The number of hydrogen-bond acceptors (Lipinski definition) is 4. The van der Waals surface area contributed by atoms with E-state index in [0.29, 0.717) is 6.04 Å². The Bertz CT molecular complexity index is 411. The molecule has 1 N–H and O–H groups in total. The van der Waals surface area contributed by atoms with Gasteiger partial charge < -0.3 is 5.11 Å². The van der Waals surface area contributed by atoms with E-state index in [9.17, 15) is 4.79 Å². The van der Waals surface area contributed by atoms with Crippen LogP contribution in [0.5, 0.6) is 0 Å². The highest BCUT2D eigenvalue weighted by Gasteiger charge is 2.22. The predicted octanol–water partition coefficient (Wildman–Crippen LogP) is 2.85. The van der Waals surface area contributed by atoms with E-state index in [1.165, 1.54) is 37.0 Å². The fraction of sp³-hybridized carbons (Fsp3) is 0.692. The quantitative estimate of drug-likeness (QED) is 0.912. The van der Waals surface area contributed by atoms with Crippen molar-refractivity contribution in [1.82, 2.24) is 9.88 Å². The van der Waals surface area contributed by atoms with E-state index in [4.69, 9.17) is 5.11 Å². The lowest BCUT2D eigenvalue weighted by molar-refractivity contribution is 0.0696. The Hall–Kier alpha value is -0.940. The summed E-state index contributed by atoms with van der Waals surface area (Å²) in [4.78, 5) is 17.2. The lowest BCUT2D eigenvalue weighted by Gasteiger charge is -2.33. The second kappa shape index (κ2) is 5.80. The van der Waals surface area contributed by atoms with Gasteiger partial charge >= 0.3 is 5.97 Å². The number of thiazole rings is 1. The molecule has 0 atom stereocenters. The van der Waals surface area contributed by atoms with Crippen molar-refractivity contribution in [3.8, 4) is 0 Å². The predicted molar refractivity (Wildman–Crippen MR) is 72.0 cm³/mol. The number of carboxylic acid groups (broad SMARTS) is 1. The van der Waals surface area contributed by atoms with Crippen molar-refractivity contribution in [2.45, 2.75) is 45.2 Å². The molecule has 1 aromatic heterocycles. The Morgan fingerprint density at radius 3 is 2.72 bits per heavy atom. The molecule has 0 aliphatic heterocycles. The lowest BCUT2D eigenvalue weighted by atomic mass is 9.87. The van der Waals surface area contributed by atoms with Crippen molar-refractivity contribution in [2.75, 3.05) is 7.05 Å². The van der Waals surface area contributed by atoms with Crippen molar-refractivity contribution in [2.24, 2.45) is 5.92 Å². The second-order valence-electron chi connectivity index (χ2n) is 5.28. The van der Waals surface area contributed by atoms with Crippen molar-refractivity contribution in [1.29, 1.82) is 0 Å². The van der Waals surface area contributed by atoms with Gasteiger partial charge in [0.2, 0.25) is 5.01 Å². The summed E-state index contributed by atoms with van der Waals surface area (Å²) in [5, 5.41) is 10.9. The minimum atomic E-state index is -0.930. The van der Waals surface area contributed by atoms with Gasteiger partial charge in [-0.2, -0.15) is 0 Å². The van der Waals surface area contributed by atoms with E-state index < -0.39 is 5.97 Å². The van der Waals surface area contributed by atoms with E-state index in [-0.39, 0.29) is 5.01 Å².